The quantitative estimate of drug-likeness (QED) is 0.311. The van der Waals surface area contributed by atoms with Crippen molar-refractivity contribution in [1.29, 1.82) is 0 Å². The van der Waals surface area contributed by atoms with Gasteiger partial charge in [-0.05, 0) is 31.9 Å². The first kappa shape index (κ1) is 20.9. The Labute approximate surface area is 157 Å². The van der Waals surface area contributed by atoms with Crippen LogP contribution in [0.2, 0.25) is 0 Å². The summed E-state index contributed by atoms with van der Waals surface area (Å²) in [4.78, 5) is 6.97. The number of likely N-dealkylation sites (tertiary alicyclic amines) is 1. The molecule has 0 amide bonds. The number of hydrogen-bond donors (Lipinski definition) is 2. The fourth-order valence-electron chi connectivity index (χ4n) is 2.84. The fourth-order valence-corrected chi connectivity index (χ4v) is 3.63. The Bertz CT molecular complexity index is 563. The third-order valence-corrected chi connectivity index (χ3v) is 5.15. The Kier molecular flexibility index (Phi) is 9.11. The number of thioether (sulfide) groups is 1. The maximum atomic E-state index is 13.6. The van der Waals surface area contributed by atoms with Crippen LogP contribution in [-0.4, -0.2) is 61.8 Å². The van der Waals surface area contributed by atoms with Gasteiger partial charge in [0.25, 0.3) is 6.43 Å². The molecule has 26 heavy (non-hydrogen) atoms. The first-order chi connectivity index (χ1) is 12.6. The SMILES string of the molecule is CCNC(=NCCSc1ccccc1F)NC1CCN(CC(F)F)CC1. The van der Waals surface area contributed by atoms with E-state index in [9.17, 15) is 13.2 Å². The number of nitrogens with one attached hydrogen (secondary N) is 2. The second-order valence-corrected chi connectivity index (χ2v) is 7.29. The monoisotopic (exact) mass is 388 g/mol. The first-order valence-electron chi connectivity index (χ1n) is 9.01. The van der Waals surface area contributed by atoms with E-state index < -0.39 is 6.43 Å². The number of benzene rings is 1. The van der Waals surface area contributed by atoms with Crippen LogP contribution in [0.1, 0.15) is 19.8 Å². The largest absolute Gasteiger partial charge is 0.357 e. The molecule has 0 unspecified atom stereocenters. The Morgan fingerprint density at radius 1 is 1.31 bits per heavy atom. The zero-order valence-electron chi connectivity index (χ0n) is 15.1. The van der Waals surface area contributed by atoms with Crippen molar-refractivity contribution < 1.29 is 13.2 Å². The smallest absolute Gasteiger partial charge is 0.251 e. The number of aliphatic imine (C=N–C) groups is 1. The number of guanidine groups is 1. The lowest BCUT2D eigenvalue weighted by molar-refractivity contribution is 0.0744. The van der Waals surface area contributed by atoms with Crippen LogP contribution in [0.15, 0.2) is 34.2 Å². The third kappa shape index (κ3) is 7.45. The van der Waals surface area contributed by atoms with Crippen molar-refractivity contribution in [3.63, 3.8) is 0 Å². The molecule has 1 aliphatic rings. The molecule has 146 valence electrons. The molecular weight excluding hydrogens is 361 g/mol. The summed E-state index contributed by atoms with van der Waals surface area (Å²) in [5.41, 5.74) is 0. The van der Waals surface area contributed by atoms with Gasteiger partial charge in [0.1, 0.15) is 5.82 Å². The molecule has 4 nitrogen and oxygen atoms in total. The Balaban J connectivity index is 1.75. The van der Waals surface area contributed by atoms with Crippen molar-refractivity contribution in [2.75, 3.05) is 38.5 Å². The summed E-state index contributed by atoms with van der Waals surface area (Å²) >= 11 is 1.44. The van der Waals surface area contributed by atoms with Gasteiger partial charge < -0.3 is 10.6 Å². The van der Waals surface area contributed by atoms with Crippen LogP contribution in [0.4, 0.5) is 13.2 Å². The molecule has 0 atom stereocenters. The Morgan fingerprint density at radius 3 is 2.69 bits per heavy atom. The molecule has 8 heteroatoms. The lowest BCUT2D eigenvalue weighted by Crippen LogP contribution is -2.49. The lowest BCUT2D eigenvalue weighted by atomic mass is 10.1. The molecule has 0 bridgehead atoms. The second kappa shape index (κ2) is 11.3. The number of hydrogen-bond acceptors (Lipinski definition) is 3. The van der Waals surface area contributed by atoms with Crippen molar-refractivity contribution in [1.82, 2.24) is 15.5 Å². The molecule has 0 spiro atoms. The van der Waals surface area contributed by atoms with Crippen molar-refractivity contribution in [2.45, 2.75) is 37.1 Å². The summed E-state index contributed by atoms with van der Waals surface area (Å²) in [7, 11) is 0. The Hall–Kier alpha value is -1.41. The summed E-state index contributed by atoms with van der Waals surface area (Å²) in [6.07, 6.45) is -0.632. The zero-order valence-corrected chi connectivity index (χ0v) is 15.9. The molecule has 1 heterocycles. The van der Waals surface area contributed by atoms with Crippen LogP contribution in [0.25, 0.3) is 0 Å². The van der Waals surface area contributed by atoms with Crippen LogP contribution in [-0.2, 0) is 0 Å². The van der Waals surface area contributed by atoms with Gasteiger partial charge in [-0.2, -0.15) is 0 Å². The molecular formula is C18H27F3N4S. The van der Waals surface area contributed by atoms with Gasteiger partial charge in [0.15, 0.2) is 5.96 Å². The minimum atomic E-state index is -2.27. The van der Waals surface area contributed by atoms with E-state index >= 15 is 0 Å². The van der Waals surface area contributed by atoms with Crippen molar-refractivity contribution in [2.24, 2.45) is 4.99 Å². The predicted octanol–water partition coefficient (Wildman–Crippen LogP) is 3.20. The van der Waals surface area contributed by atoms with Crippen LogP contribution in [0.3, 0.4) is 0 Å². The highest BCUT2D eigenvalue weighted by molar-refractivity contribution is 7.99. The first-order valence-corrected chi connectivity index (χ1v) is 9.99. The fraction of sp³-hybridized carbons (Fsp3) is 0.611. The van der Waals surface area contributed by atoms with E-state index in [1.807, 2.05) is 13.0 Å². The van der Waals surface area contributed by atoms with Gasteiger partial charge in [-0.3, -0.25) is 9.89 Å². The molecule has 0 saturated carbocycles. The molecule has 1 fully saturated rings. The highest BCUT2D eigenvalue weighted by Crippen LogP contribution is 2.20. The van der Waals surface area contributed by atoms with Gasteiger partial charge in [-0.15, -0.1) is 11.8 Å². The van der Waals surface area contributed by atoms with E-state index in [0.29, 0.717) is 30.3 Å². The van der Waals surface area contributed by atoms with Gasteiger partial charge >= 0.3 is 0 Å². The summed E-state index contributed by atoms with van der Waals surface area (Å²) < 4.78 is 38.5. The number of alkyl halides is 2. The molecule has 2 N–H and O–H groups in total. The lowest BCUT2D eigenvalue weighted by Gasteiger charge is -2.32. The maximum Gasteiger partial charge on any atom is 0.251 e. The number of piperidine rings is 1. The summed E-state index contributed by atoms with van der Waals surface area (Å²) in [5.74, 6) is 1.21. The van der Waals surface area contributed by atoms with Gasteiger partial charge in [0, 0.05) is 36.3 Å². The average molecular weight is 389 g/mol. The van der Waals surface area contributed by atoms with E-state index in [1.165, 1.54) is 17.8 Å². The van der Waals surface area contributed by atoms with Crippen LogP contribution >= 0.6 is 11.8 Å². The maximum absolute atomic E-state index is 13.6. The van der Waals surface area contributed by atoms with E-state index in [0.717, 1.165) is 25.3 Å². The number of rotatable bonds is 8. The van der Waals surface area contributed by atoms with Crippen LogP contribution in [0, 0.1) is 5.82 Å². The van der Waals surface area contributed by atoms with Gasteiger partial charge in [-0.1, -0.05) is 12.1 Å². The Morgan fingerprint density at radius 2 is 2.04 bits per heavy atom. The van der Waals surface area contributed by atoms with E-state index in [1.54, 1.807) is 17.0 Å². The third-order valence-electron chi connectivity index (χ3n) is 4.12. The van der Waals surface area contributed by atoms with Gasteiger partial charge in [0.05, 0.1) is 13.1 Å². The second-order valence-electron chi connectivity index (χ2n) is 6.15. The molecule has 0 aliphatic carbocycles. The van der Waals surface area contributed by atoms with Gasteiger partial charge in [-0.25, -0.2) is 13.2 Å². The topological polar surface area (TPSA) is 39.7 Å². The highest BCUT2D eigenvalue weighted by atomic mass is 32.2. The van der Waals surface area contributed by atoms with Crippen molar-refractivity contribution >= 4 is 17.7 Å². The minimum absolute atomic E-state index is 0.145. The minimum Gasteiger partial charge on any atom is -0.357 e. The molecule has 0 radical (unpaired) electrons. The molecule has 1 aromatic rings. The van der Waals surface area contributed by atoms with Gasteiger partial charge in [0.2, 0.25) is 0 Å². The summed E-state index contributed by atoms with van der Waals surface area (Å²) in [6, 6.07) is 6.96. The number of halogens is 3. The summed E-state index contributed by atoms with van der Waals surface area (Å²) in [6.45, 7) is 4.51. The molecule has 2 rings (SSSR count). The van der Waals surface area contributed by atoms with E-state index in [2.05, 4.69) is 15.6 Å². The van der Waals surface area contributed by atoms with Crippen molar-refractivity contribution in [3.05, 3.63) is 30.1 Å². The summed E-state index contributed by atoms with van der Waals surface area (Å²) in [5, 5.41) is 6.59. The predicted molar refractivity (Wildman–Crippen MR) is 102 cm³/mol. The molecule has 1 saturated heterocycles. The molecule has 1 aliphatic heterocycles. The zero-order chi connectivity index (χ0) is 18.8. The van der Waals surface area contributed by atoms with Crippen molar-refractivity contribution in [3.8, 4) is 0 Å². The van der Waals surface area contributed by atoms with Crippen LogP contribution in [0.5, 0.6) is 0 Å². The standard InChI is InChI=1S/C18H27F3N4S/c1-2-22-18(23-9-12-26-16-6-4-3-5-15(16)19)24-14-7-10-25(11-8-14)13-17(20)21/h3-6,14,17H,2,7-13H2,1H3,(H2,22,23,24). The normalized spacial score (nSPS) is 16.9. The van der Waals surface area contributed by atoms with E-state index in [4.69, 9.17) is 0 Å². The number of nitrogens with zero attached hydrogens (tertiary/aromatic N) is 2. The highest BCUT2D eigenvalue weighted by Gasteiger charge is 2.21. The molecule has 0 aromatic heterocycles. The van der Waals surface area contributed by atoms with E-state index in [-0.39, 0.29) is 18.4 Å². The average Bonchev–Trinajstić information content (AvgIpc) is 2.61. The molecule has 1 aromatic carbocycles. The van der Waals surface area contributed by atoms with Crippen LogP contribution < -0.4 is 10.6 Å².